The van der Waals surface area contributed by atoms with Gasteiger partial charge in [-0.3, -0.25) is 0 Å². The van der Waals surface area contributed by atoms with Gasteiger partial charge in [0.05, 0.1) is 0 Å². The Morgan fingerprint density at radius 3 is 1.24 bits per heavy atom. The lowest BCUT2D eigenvalue weighted by Gasteiger charge is -2.21. The van der Waals surface area contributed by atoms with Crippen LogP contribution in [0.4, 0.5) is 0 Å². The van der Waals surface area contributed by atoms with Crippen molar-refractivity contribution in [3.05, 3.63) is 187 Å². The summed E-state index contributed by atoms with van der Waals surface area (Å²) in [5, 5.41) is 0. The fraction of sp³-hybridized carbons (Fsp3) is 0.0625. The van der Waals surface area contributed by atoms with Gasteiger partial charge in [0.1, 0.15) is 0 Å². The first-order valence-electron chi connectivity index (χ1n) is 17.4. The van der Waals surface area contributed by atoms with Crippen LogP contribution in [0.2, 0.25) is 0 Å². The first-order chi connectivity index (χ1) is 25.0. The molecule has 9 rings (SSSR count). The van der Waals surface area contributed by atoms with Crippen LogP contribution in [0.3, 0.4) is 0 Å². The van der Waals surface area contributed by atoms with Crippen LogP contribution in [0.15, 0.2) is 176 Å². The molecule has 0 unspecified atom stereocenters. The molecular weight excluding hydrogens is 619 g/mol. The van der Waals surface area contributed by atoms with Crippen molar-refractivity contribution in [1.29, 1.82) is 0 Å². The average molecular weight is 654 g/mol. The first-order valence-corrected chi connectivity index (χ1v) is 17.4. The third-order valence-electron chi connectivity index (χ3n) is 10.1. The summed E-state index contributed by atoms with van der Waals surface area (Å²) in [4.78, 5) is 15.4. The summed E-state index contributed by atoms with van der Waals surface area (Å²) in [6.45, 7) is 4.65. The Labute approximate surface area is 299 Å². The second-order valence-corrected chi connectivity index (χ2v) is 13.7. The van der Waals surface area contributed by atoms with E-state index in [4.69, 9.17) is 15.0 Å². The minimum absolute atomic E-state index is 0.0693. The lowest BCUT2D eigenvalue weighted by atomic mass is 9.82. The molecule has 1 aliphatic carbocycles. The van der Waals surface area contributed by atoms with Crippen LogP contribution in [0.1, 0.15) is 25.0 Å². The van der Waals surface area contributed by atoms with E-state index in [2.05, 4.69) is 178 Å². The van der Waals surface area contributed by atoms with Crippen LogP contribution in [0, 0.1) is 0 Å². The maximum atomic E-state index is 5.16. The van der Waals surface area contributed by atoms with Crippen molar-refractivity contribution in [2.24, 2.45) is 0 Å². The summed E-state index contributed by atoms with van der Waals surface area (Å²) in [6.07, 6.45) is 0. The van der Waals surface area contributed by atoms with Gasteiger partial charge in [0.25, 0.3) is 0 Å². The van der Waals surface area contributed by atoms with E-state index < -0.39 is 0 Å². The number of fused-ring (bicyclic) bond motifs is 3. The molecule has 1 aromatic heterocycles. The molecule has 0 fully saturated rings. The summed E-state index contributed by atoms with van der Waals surface area (Å²) in [5.41, 5.74) is 15.0. The van der Waals surface area contributed by atoms with Crippen molar-refractivity contribution in [3.8, 4) is 78.7 Å². The van der Waals surface area contributed by atoms with Gasteiger partial charge in [-0.2, -0.15) is 0 Å². The summed E-state index contributed by atoms with van der Waals surface area (Å²) >= 11 is 0. The van der Waals surface area contributed by atoms with E-state index >= 15 is 0 Å². The Kier molecular flexibility index (Phi) is 7.48. The fourth-order valence-electron chi connectivity index (χ4n) is 7.52. The number of aromatic nitrogens is 3. The van der Waals surface area contributed by atoms with Gasteiger partial charge in [0.15, 0.2) is 17.5 Å². The van der Waals surface area contributed by atoms with Crippen LogP contribution in [-0.4, -0.2) is 15.0 Å². The topological polar surface area (TPSA) is 38.7 Å². The molecular formula is C48H35N3. The molecule has 0 radical (unpaired) electrons. The molecule has 51 heavy (non-hydrogen) atoms. The van der Waals surface area contributed by atoms with Crippen LogP contribution in [0.5, 0.6) is 0 Å². The number of rotatable bonds is 6. The molecule has 0 bridgehead atoms. The van der Waals surface area contributed by atoms with Crippen LogP contribution in [0.25, 0.3) is 78.7 Å². The molecule has 7 aromatic carbocycles. The molecule has 1 aliphatic rings. The molecule has 3 nitrogen and oxygen atoms in total. The Bertz CT molecular complexity index is 2450. The molecule has 1 heterocycles. The van der Waals surface area contributed by atoms with Crippen molar-refractivity contribution in [2.75, 3.05) is 0 Å². The van der Waals surface area contributed by atoms with Crippen molar-refractivity contribution in [3.63, 3.8) is 0 Å². The van der Waals surface area contributed by atoms with Gasteiger partial charge in [0, 0.05) is 22.1 Å². The molecule has 0 aliphatic heterocycles. The van der Waals surface area contributed by atoms with E-state index in [-0.39, 0.29) is 5.41 Å². The van der Waals surface area contributed by atoms with Crippen LogP contribution < -0.4 is 0 Å². The lowest BCUT2D eigenvalue weighted by molar-refractivity contribution is 0.660. The Hall–Kier alpha value is -6.45. The Morgan fingerprint density at radius 2 is 0.686 bits per heavy atom. The highest BCUT2D eigenvalue weighted by Gasteiger charge is 2.36. The highest BCUT2D eigenvalue weighted by molar-refractivity contribution is 5.93. The number of hydrogen-bond acceptors (Lipinski definition) is 3. The summed E-state index contributed by atoms with van der Waals surface area (Å²) < 4.78 is 0. The number of nitrogens with zero attached hydrogens (tertiary/aromatic N) is 3. The molecule has 0 N–H and O–H groups in total. The van der Waals surface area contributed by atoms with E-state index in [0.717, 1.165) is 44.5 Å². The average Bonchev–Trinajstić information content (AvgIpc) is 3.44. The Morgan fingerprint density at radius 1 is 0.314 bits per heavy atom. The van der Waals surface area contributed by atoms with Crippen LogP contribution >= 0.6 is 0 Å². The van der Waals surface area contributed by atoms with Crippen molar-refractivity contribution < 1.29 is 0 Å². The zero-order chi connectivity index (χ0) is 34.4. The van der Waals surface area contributed by atoms with Gasteiger partial charge in [-0.15, -0.1) is 0 Å². The van der Waals surface area contributed by atoms with Crippen molar-refractivity contribution in [2.45, 2.75) is 19.3 Å². The highest BCUT2D eigenvalue weighted by atomic mass is 15.0. The largest absolute Gasteiger partial charge is 0.208 e. The predicted octanol–water partition coefficient (Wildman–Crippen LogP) is 12.2. The quantitative estimate of drug-likeness (QED) is 0.179. The predicted molar refractivity (Wildman–Crippen MR) is 210 cm³/mol. The van der Waals surface area contributed by atoms with E-state index in [1.165, 1.54) is 27.8 Å². The minimum Gasteiger partial charge on any atom is -0.208 e. The Balaban J connectivity index is 1.20. The SMILES string of the molecule is CC1(C)c2ccccc2-c2c(-c3cccc(-c4nc(-c5cccc(-c6ccccc6)c5)nc(-c5cccc(-c6ccccc6)c5)n4)c3)cccc21. The first kappa shape index (κ1) is 30.6. The minimum atomic E-state index is -0.0693. The fourth-order valence-corrected chi connectivity index (χ4v) is 7.52. The second-order valence-electron chi connectivity index (χ2n) is 13.7. The molecule has 0 atom stereocenters. The molecule has 0 saturated heterocycles. The monoisotopic (exact) mass is 653 g/mol. The standard InChI is InChI=1S/C48H35N3/c1-48(2)42-27-10-9-25-41(42)44-40(26-14-28-43(44)48)36-21-13-24-39(31-36)47-50-45(37-22-11-19-34(29-37)32-15-5-3-6-16-32)49-46(51-47)38-23-12-20-35(30-38)33-17-7-4-8-18-33/h3-31H,1-2H3. The number of hydrogen-bond donors (Lipinski definition) is 0. The molecule has 0 spiro atoms. The highest BCUT2D eigenvalue weighted by Crippen LogP contribution is 2.52. The summed E-state index contributed by atoms with van der Waals surface area (Å²) in [5.74, 6) is 1.92. The van der Waals surface area contributed by atoms with Gasteiger partial charge in [-0.1, -0.05) is 172 Å². The maximum absolute atomic E-state index is 5.16. The lowest BCUT2D eigenvalue weighted by Crippen LogP contribution is -2.14. The van der Waals surface area contributed by atoms with E-state index in [1.54, 1.807) is 0 Å². The molecule has 3 heteroatoms. The van der Waals surface area contributed by atoms with Gasteiger partial charge in [-0.25, -0.2) is 15.0 Å². The molecule has 0 amide bonds. The number of benzene rings is 7. The summed E-state index contributed by atoms with van der Waals surface area (Å²) in [7, 11) is 0. The van der Waals surface area contributed by atoms with Gasteiger partial charge >= 0.3 is 0 Å². The smallest absolute Gasteiger partial charge is 0.164 e. The third-order valence-corrected chi connectivity index (χ3v) is 10.1. The van der Waals surface area contributed by atoms with Crippen LogP contribution in [-0.2, 0) is 5.41 Å². The third kappa shape index (κ3) is 5.53. The van der Waals surface area contributed by atoms with E-state index in [9.17, 15) is 0 Å². The van der Waals surface area contributed by atoms with Gasteiger partial charge in [-0.05, 0) is 73.8 Å². The second kappa shape index (κ2) is 12.5. The normalized spacial score (nSPS) is 12.7. The molecule has 242 valence electrons. The van der Waals surface area contributed by atoms with E-state index in [1.807, 2.05) is 12.1 Å². The summed E-state index contributed by atoms with van der Waals surface area (Å²) in [6, 6.07) is 61.9. The van der Waals surface area contributed by atoms with Crippen molar-refractivity contribution >= 4 is 0 Å². The zero-order valence-electron chi connectivity index (χ0n) is 28.6. The van der Waals surface area contributed by atoms with E-state index in [0.29, 0.717) is 17.5 Å². The maximum Gasteiger partial charge on any atom is 0.164 e. The van der Waals surface area contributed by atoms with Gasteiger partial charge in [0.2, 0.25) is 0 Å². The molecule has 8 aromatic rings. The van der Waals surface area contributed by atoms with Gasteiger partial charge < -0.3 is 0 Å². The zero-order valence-corrected chi connectivity index (χ0v) is 28.6. The van der Waals surface area contributed by atoms with Crippen molar-refractivity contribution in [1.82, 2.24) is 15.0 Å². The molecule has 0 saturated carbocycles.